The minimum Gasteiger partial charge on any atom is -0.478 e. The van der Waals surface area contributed by atoms with Crippen LogP contribution in [0.4, 0.5) is 0 Å². The average Bonchev–Trinajstić information content (AvgIpc) is 3.07. The van der Waals surface area contributed by atoms with Crippen LogP contribution in [0.1, 0.15) is 80.6 Å². The molecule has 34 heavy (non-hydrogen) atoms. The van der Waals surface area contributed by atoms with Gasteiger partial charge in [0.2, 0.25) is 0 Å². The normalized spacial score (nSPS) is 34.6. The number of fused-ring (bicyclic) bond motifs is 4. The average molecular weight is 465 g/mol. The highest BCUT2D eigenvalue weighted by atomic mass is 16.5. The fourth-order valence-electron chi connectivity index (χ4n) is 7.37. The number of rotatable bonds is 4. The summed E-state index contributed by atoms with van der Waals surface area (Å²) in [6, 6.07) is 7.09. The van der Waals surface area contributed by atoms with Gasteiger partial charge in [-0.1, -0.05) is 24.6 Å². The second kappa shape index (κ2) is 8.19. The third-order valence-electron chi connectivity index (χ3n) is 9.13. The molecule has 0 bridgehead atoms. The van der Waals surface area contributed by atoms with Crippen molar-refractivity contribution in [3.63, 3.8) is 0 Å². The van der Waals surface area contributed by atoms with E-state index in [0.717, 1.165) is 36.8 Å². The summed E-state index contributed by atoms with van der Waals surface area (Å²) in [6.45, 7) is 3.51. The number of carboxylic acid groups (broad SMARTS) is 1. The molecule has 1 aromatic carbocycles. The molecule has 6 nitrogen and oxygen atoms in total. The number of esters is 1. The summed E-state index contributed by atoms with van der Waals surface area (Å²) in [7, 11) is 0. The molecule has 0 aromatic heterocycles. The van der Waals surface area contributed by atoms with Crippen molar-refractivity contribution in [3.05, 3.63) is 58.2 Å². The Bertz CT molecular complexity index is 1110. The van der Waals surface area contributed by atoms with Gasteiger partial charge in [0.1, 0.15) is 12.2 Å². The highest BCUT2D eigenvalue weighted by molar-refractivity contribution is 5.93. The summed E-state index contributed by atoms with van der Waals surface area (Å²) in [5.74, 6) is -0.583. The molecule has 180 valence electrons. The van der Waals surface area contributed by atoms with Crippen LogP contribution in [0.25, 0.3) is 0 Å². The molecule has 4 aliphatic rings. The largest absolute Gasteiger partial charge is 0.478 e. The van der Waals surface area contributed by atoms with Crippen molar-refractivity contribution in [2.75, 3.05) is 6.61 Å². The van der Waals surface area contributed by atoms with E-state index in [-0.39, 0.29) is 41.7 Å². The smallest absolute Gasteiger partial charge is 0.335 e. The Kier molecular flexibility index (Phi) is 5.55. The van der Waals surface area contributed by atoms with Crippen LogP contribution in [0.5, 0.6) is 0 Å². The zero-order valence-corrected chi connectivity index (χ0v) is 19.8. The van der Waals surface area contributed by atoms with Crippen molar-refractivity contribution in [1.29, 1.82) is 0 Å². The number of benzene rings is 1. The maximum absolute atomic E-state index is 12.1. The maximum atomic E-state index is 12.1. The van der Waals surface area contributed by atoms with E-state index in [9.17, 15) is 24.6 Å². The van der Waals surface area contributed by atoms with Crippen LogP contribution in [-0.4, -0.2) is 40.1 Å². The number of ketones is 1. The van der Waals surface area contributed by atoms with Crippen molar-refractivity contribution in [1.82, 2.24) is 0 Å². The van der Waals surface area contributed by atoms with Crippen molar-refractivity contribution in [3.8, 4) is 0 Å². The third kappa shape index (κ3) is 3.54. The van der Waals surface area contributed by atoms with Gasteiger partial charge in [-0.3, -0.25) is 9.59 Å². The molecule has 2 N–H and O–H groups in total. The van der Waals surface area contributed by atoms with Crippen molar-refractivity contribution in [2.45, 2.75) is 70.3 Å². The van der Waals surface area contributed by atoms with E-state index in [1.54, 1.807) is 12.1 Å². The number of aliphatic hydroxyl groups is 1. The number of ether oxygens (including phenoxy) is 1. The van der Waals surface area contributed by atoms with Crippen LogP contribution in [0.15, 0.2) is 47.1 Å². The van der Waals surface area contributed by atoms with E-state index in [1.165, 1.54) is 18.1 Å². The zero-order chi connectivity index (χ0) is 24.3. The predicted molar refractivity (Wildman–Crippen MR) is 125 cm³/mol. The third-order valence-corrected chi connectivity index (χ3v) is 9.13. The van der Waals surface area contributed by atoms with Gasteiger partial charge in [-0.15, -0.1) is 0 Å². The van der Waals surface area contributed by atoms with E-state index < -0.39 is 17.0 Å². The van der Waals surface area contributed by atoms with Crippen molar-refractivity contribution >= 4 is 17.7 Å². The van der Waals surface area contributed by atoms with Gasteiger partial charge in [-0.25, -0.2) is 4.79 Å². The minimum atomic E-state index is -1.10. The first-order valence-electron chi connectivity index (χ1n) is 12.3. The molecule has 0 radical (unpaired) electrons. The zero-order valence-electron chi connectivity index (χ0n) is 19.8. The molecule has 0 saturated heterocycles. The van der Waals surface area contributed by atoms with Crippen LogP contribution in [0.3, 0.4) is 0 Å². The van der Waals surface area contributed by atoms with E-state index in [0.29, 0.717) is 19.3 Å². The predicted octanol–water partition coefficient (Wildman–Crippen LogP) is 4.58. The van der Waals surface area contributed by atoms with E-state index in [2.05, 4.69) is 6.92 Å². The number of allylic oxidation sites excluding steroid dienone is 4. The number of hydrogen-bond acceptors (Lipinski definition) is 5. The SMILES string of the molecule is CC(=O)OC[C@]1(O)CC[C@H]2[C@@H]3CCC4=CC(=O)CCC4=C3[C@@H](c3ccc(C(=O)O)cc3)C[C@@]21C. The van der Waals surface area contributed by atoms with Gasteiger partial charge < -0.3 is 14.9 Å². The minimum absolute atomic E-state index is 0.00170. The molecular formula is C28H32O6. The Labute approximate surface area is 199 Å². The summed E-state index contributed by atoms with van der Waals surface area (Å²) in [6.07, 6.45) is 7.06. The number of carbonyl (C=O) groups excluding carboxylic acids is 2. The van der Waals surface area contributed by atoms with E-state index >= 15 is 0 Å². The first-order valence-corrected chi connectivity index (χ1v) is 12.3. The van der Waals surface area contributed by atoms with E-state index in [1.807, 2.05) is 18.2 Å². The number of hydrogen-bond donors (Lipinski definition) is 2. The molecule has 2 saturated carbocycles. The van der Waals surface area contributed by atoms with Gasteiger partial charge in [-0.05, 0) is 85.3 Å². The first kappa shape index (κ1) is 23.0. The molecule has 1 aromatic rings. The first-order chi connectivity index (χ1) is 16.1. The van der Waals surface area contributed by atoms with E-state index in [4.69, 9.17) is 4.74 Å². The Morgan fingerprint density at radius 1 is 1.12 bits per heavy atom. The lowest BCUT2D eigenvalue weighted by Gasteiger charge is -2.54. The molecule has 0 unspecified atom stereocenters. The van der Waals surface area contributed by atoms with Gasteiger partial charge in [0.25, 0.3) is 0 Å². The summed E-state index contributed by atoms with van der Waals surface area (Å²) in [4.78, 5) is 35.1. The molecular weight excluding hydrogens is 432 g/mol. The highest BCUT2D eigenvalue weighted by Gasteiger charge is 2.63. The summed E-state index contributed by atoms with van der Waals surface area (Å²) in [5, 5.41) is 21.2. The number of aromatic carboxylic acids is 1. The Balaban J connectivity index is 1.62. The van der Waals surface area contributed by atoms with Gasteiger partial charge in [0, 0.05) is 24.7 Å². The molecule has 2 fully saturated rings. The standard InChI is InChI=1S/C28H32O6/c1-16(29)34-15-28(33)12-11-24-22-9-7-19-13-20(30)8-10-21(19)25(22)23(14-27(24,28)2)17-3-5-18(6-4-17)26(31)32/h3-6,13,22-24,33H,7-12,14-15H2,1-2H3,(H,31,32)/t22-,23+,24-,27-,28+/m0/s1. The summed E-state index contributed by atoms with van der Waals surface area (Å²) >= 11 is 0. The van der Waals surface area contributed by atoms with Crippen molar-refractivity contribution < 1.29 is 29.3 Å². The second-order valence-corrected chi connectivity index (χ2v) is 10.8. The molecule has 5 rings (SSSR count). The van der Waals surface area contributed by atoms with Crippen LogP contribution in [0.2, 0.25) is 0 Å². The highest BCUT2D eigenvalue weighted by Crippen LogP contribution is 2.66. The lowest BCUT2D eigenvalue weighted by molar-refractivity contribution is -0.163. The maximum Gasteiger partial charge on any atom is 0.335 e. The van der Waals surface area contributed by atoms with Crippen LogP contribution in [0, 0.1) is 17.3 Å². The molecule has 0 amide bonds. The molecule has 4 aliphatic carbocycles. The molecule has 6 heteroatoms. The van der Waals surface area contributed by atoms with Gasteiger partial charge in [0.15, 0.2) is 5.78 Å². The van der Waals surface area contributed by atoms with Gasteiger partial charge in [-0.2, -0.15) is 0 Å². The van der Waals surface area contributed by atoms with Crippen LogP contribution >= 0.6 is 0 Å². The molecule has 0 spiro atoms. The molecule has 5 atom stereocenters. The number of carbonyl (C=O) groups is 3. The van der Waals surface area contributed by atoms with Gasteiger partial charge in [0.05, 0.1) is 5.56 Å². The fourth-order valence-corrected chi connectivity index (χ4v) is 7.37. The quantitative estimate of drug-likeness (QED) is 0.633. The number of carboxylic acids is 1. The fraction of sp³-hybridized carbons (Fsp3) is 0.536. The summed E-state index contributed by atoms with van der Waals surface area (Å²) in [5.41, 5.74) is 3.59. The molecule has 0 heterocycles. The lowest BCUT2D eigenvalue weighted by Crippen LogP contribution is -2.54. The lowest BCUT2D eigenvalue weighted by atomic mass is 9.51. The molecule has 0 aliphatic heterocycles. The van der Waals surface area contributed by atoms with Crippen molar-refractivity contribution in [2.24, 2.45) is 17.3 Å². The van der Waals surface area contributed by atoms with Gasteiger partial charge >= 0.3 is 11.9 Å². The Morgan fingerprint density at radius 3 is 2.53 bits per heavy atom. The topological polar surface area (TPSA) is 101 Å². The monoisotopic (exact) mass is 464 g/mol. The Hall–Kier alpha value is -2.73. The van der Waals surface area contributed by atoms with Crippen LogP contribution < -0.4 is 0 Å². The Morgan fingerprint density at radius 2 is 1.85 bits per heavy atom. The summed E-state index contributed by atoms with van der Waals surface area (Å²) < 4.78 is 5.35. The second-order valence-electron chi connectivity index (χ2n) is 10.8. The van der Waals surface area contributed by atoms with Crippen LogP contribution in [-0.2, 0) is 14.3 Å².